The lowest BCUT2D eigenvalue weighted by atomic mass is 9.97. The van der Waals surface area contributed by atoms with Crippen LogP contribution in [0.3, 0.4) is 0 Å². The Kier molecular flexibility index (Phi) is 6.90. The van der Waals surface area contributed by atoms with E-state index in [0.29, 0.717) is 22.9 Å². The average Bonchev–Trinajstić information content (AvgIpc) is 2.66. The molecule has 1 aliphatic heterocycles. The summed E-state index contributed by atoms with van der Waals surface area (Å²) in [4.78, 5) is 12.4. The van der Waals surface area contributed by atoms with Crippen LogP contribution >= 0.6 is 31.9 Å². The Bertz CT molecular complexity index is 960. The topological polar surface area (TPSA) is 66.5 Å². The molecule has 0 bridgehead atoms. The third-order valence-corrected chi connectivity index (χ3v) is 7.54. The molecule has 1 fully saturated rings. The van der Waals surface area contributed by atoms with E-state index in [-0.39, 0.29) is 36.4 Å². The SMILES string of the molecule is O=C(Nc1ccc(Br)cc1F)C1CCN(S(=O)(=O)Cc2ccc(Br)cc2)CC1. The molecular formula is C19H19Br2FN2O3S. The molecule has 5 nitrogen and oxygen atoms in total. The number of piperidine rings is 1. The summed E-state index contributed by atoms with van der Waals surface area (Å²) in [6.45, 7) is 0.555. The molecule has 0 radical (unpaired) electrons. The van der Waals surface area contributed by atoms with Crippen molar-refractivity contribution in [3.05, 3.63) is 62.8 Å². The summed E-state index contributed by atoms with van der Waals surface area (Å²) in [7, 11) is -3.45. The van der Waals surface area contributed by atoms with Crippen molar-refractivity contribution in [2.24, 2.45) is 5.92 Å². The quantitative estimate of drug-likeness (QED) is 0.614. The van der Waals surface area contributed by atoms with Crippen molar-refractivity contribution in [3.63, 3.8) is 0 Å². The molecule has 1 saturated heterocycles. The van der Waals surface area contributed by atoms with Gasteiger partial charge in [0.15, 0.2) is 0 Å². The molecule has 0 unspecified atom stereocenters. The van der Waals surface area contributed by atoms with Crippen molar-refractivity contribution in [2.45, 2.75) is 18.6 Å². The number of anilines is 1. The molecule has 0 atom stereocenters. The maximum absolute atomic E-state index is 13.9. The van der Waals surface area contributed by atoms with Crippen LogP contribution in [0.5, 0.6) is 0 Å². The predicted octanol–water partition coefficient (Wildman–Crippen LogP) is 4.53. The Balaban J connectivity index is 1.57. The van der Waals surface area contributed by atoms with Crippen LogP contribution in [0.4, 0.5) is 10.1 Å². The second-order valence-electron chi connectivity index (χ2n) is 6.67. The van der Waals surface area contributed by atoms with Gasteiger partial charge in [0, 0.05) is 28.0 Å². The highest BCUT2D eigenvalue weighted by molar-refractivity contribution is 9.10. The summed E-state index contributed by atoms with van der Waals surface area (Å²) in [6.07, 6.45) is 0.813. The highest BCUT2D eigenvalue weighted by atomic mass is 79.9. The van der Waals surface area contributed by atoms with Crippen LogP contribution in [-0.2, 0) is 20.6 Å². The standard InChI is InChI=1S/C19H19Br2FN2O3S/c20-15-3-1-13(2-4-15)12-28(26,27)24-9-7-14(8-10-24)19(25)23-18-6-5-16(21)11-17(18)22/h1-6,11,14H,7-10,12H2,(H,23,25). The molecule has 1 N–H and O–H groups in total. The van der Waals surface area contributed by atoms with Crippen LogP contribution in [0, 0.1) is 11.7 Å². The van der Waals surface area contributed by atoms with Crippen molar-refractivity contribution >= 4 is 53.5 Å². The van der Waals surface area contributed by atoms with Crippen molar-refractivity contribution in [1.82, 2.24) is 4.31 Å². The number of halogens is 3. The second kappa shape index (κ2) is 9.02. The Labute approximate surface area is 180 Å². The van der Waals surface area contributed by atoms with Gasteiger partial charge in [0.25, 0.3) is 0 Å². The van der Waals surface area contributed by atoms with Gasteiger partial charge < -0.3 is 5.32 Å². The van der Waals surface area contributed by atoms with E-state index < -0.39 is 15.8 Å². The predicted molar refractivity (Wildman–Crippen MR) is 114 cm³/mol. The number of rotatable bonds is 5. The third kappa shape index (κ3) is 5.40. The molecule has 0 spiro atoms. The number of nitrogens with one attached hydrogen (secondary N) is 1. The molecule has 1 amide bonds. The van der Waals surface area contributed by atoms with Crippen molar-refractivity contribution < 1.29 is 17.6 Å². The Hall–Kier alpha value is -1.29. The monoisotopic (exact) mass is 532 g/mol. The summed E-state index contributed by atoms with van der Waals surface area (Å²) in [6, 6.07) is 11.6. The number of hydrogen-bond donors (Lipinski definition) is 1. The lowest BCUT2D eigenvalue weighted by molar-refractivity contribution is -0.120. The van der Waals surface area contributed by atoms with E-state index in [1.165, 1.54) is 16.4 Å². The van der Waals surface area contributed by atoms with E-state index in [2.05, 4.69) is 37.2 Å². The number of carbonyl (C=O) groups is 1. The van der Waals surface area contributed by atoms with E-state index in [9.17, 15) is 17.6 Å². The van der Waals surface area contributed by atoms with Gasteiger partial charge in [-0.05, 0) is 48.7 Å². The summed E-state index contributed by atoms with van der Waals surface area (Å²) >= 11 is 6.50. The maximum Gasteiger partial charge on any atom is 0.227 e. The fourth-order valence-electron chi connectivity index (χ4n) is 3.10. The number of hydrogen-bond acceptors (Lipinski definition) is 3. The van der Waals surface area contributed by atoms with Crippen LogP contribution < -0.4 is 5.32 Å². The first kappa shape index (κ1) is 21.4. The Morgan fingerprint density at radius 1 is 1.07 bits per heavy atom. The Morgan fingerprint density at radius 3 is 2.29 bits per heavy atom. The number of benzene rings is 2. The number of sulfonamides is 1. The van der Waals surface area contributed by atoms with Crippen molar-refractivity contribution in [1.29, 1.82) is 0 Å². The van der Waals surface area contributed by atoms with Gasteiger partial charge in [-0.3, -0.25) is 4.79 Å². The number of carbonyl (C=O) groups excluding carboxylic acids is 1. The van der Waals surface area contributed by atoms with Crippen molar-refractivity contribution in [3.8, 4) is 0 Å². The fourth-order valence-corrected chi connectivity index (χ4v) is 5.27. The lowest BCUT2D eigenvalue weighted by Gasteiger charge is -2.30. The molecule has 0 aliphatic carbocycles. The highest BCUT2D eigenvalue weighted by Gasteiger charge is 2.31. The van der Waals surface area contributed by atoms with Crippen LogP contribution in [-0.4, -0.2) is 31.7 Å². The van der Waals surface area contributed by atoms with Gasteiger partial charge in [-0.25, -0.2) is 17.1 Å². The first-order valence-corrected chi connectivity index (χ1v) is 11.9. The third-order valence-electron chi connectivity index (χ3n) is 4.67. The zero-order valence-corrected chi connectivity index (χ0v) is 18.9. The minimum atomic E-state index is -3.45. The van der Waals surface area contributed by atoms with E-state index in [4.69, 9.17) is 0 Å². The van der Waals surface area contributed by atoms with E-state index in [0.717, 1.165) is 4.47 Å². The van der Waals surface area contributed by atoms with Crippen molar-refractivity contribution in [2.75, 3.05) is 18.4 Å². The summed E-state index contributed by atoms with van der Waals surface area (Å²) in [5.74, 6) is -1.22. The van der Waals surface area contributed by atoms with Gasteiger partial charge in [0.1, 0.15) is 5.82 Å². The number of amides is 1. The molecule has 1 aliphatic rings. The minimum absolute atomic E-state index is 0.0682. The molecule has 0 aromatic heterocycles. The molecule has 28 heavy (non-hydrogen) atoms. The minimum Gasteiger partial charge on any atom is -0.323 e. The van der Waals surface area contributed by atoms with Crippen LogP contribution in [0.15, 0.2) is 51.4 Å². The highest BCUT2D eigenvalue weighted by Crippen LogP contribution is 2.25. The van der Waals surface area contributed by atoms with E-state index in [1.807, 2.05) is 12.1 Å². The summed E-state index contributed by atoms with van der Waals surface area (Å²) in [5.41, 5.74) is 0.840. The molecule has 2 aromatic rings. The van der Waals surface area contributed by atoms with Gasteiger partial charge in [-0.2, -0.15) is 0 Å². The van der Waals surface area contributed by atoms with E-state index >= 15 is 0 Å². The Morgan fingerprint density at radius 2 is 1.68 bits per heavy atom. The molecule has 150 valence electrons. The number of nitrogens with zero attached hydrogens (tertiary/aromatic N) is 1. The molecule has 0 saturated carbocycles. The van der Waals surface area contributed by atoms with Gasteiger partial charge in [0.2, 0.25) is 15.9 Å². The summed E-state index contributed by atoms with van der Waals surface area (Å²) < 4.78 is 42.1. The molecule has 2 aromatic carbocycles. The molecule has 9 heteroatoms. The van der Waals surface area contributed by atoms with E-state index in [1.54, 1.807) is 18.2 Å². The second-order valence-corrected chi connectivity index (χ2v) is 10.5. The summed E-state index contributed by atoms with van der Waals surface area (Å²) in [5, 5.41) is 2.60. The zero-order chi connectivity index (χ0) is 20.3. The maximum atomic E-state index is 13.9. The van der Waals surface area contributed by atoms with Gasteiger partial charge in [0.05, 0.1) is 11.4 Å². The normalized spacial score (nSPS) is 16.1. The van der Waals surface area contributed by atoms with Gasteiger partial charge in [-0.15, -0.1) is 0 Å². The fraction of sp³-hybridized carbons (Fsp3) is 0.316. The van der Waals surface area contributed by atoms with Crippen LogP contribution in [0.25, 0.3) is 0 Å². The average molecular weight is 534 g/mol. The lowest BCUT2D eigenvalue weighted by Crippen LogP contribution is -2.41. The van der Waals surface area contributed by atoms with Crippen LogP contribution in [0.1, 0.15) is 18.4 Å². The first-order chi connectivity index (χ1) is 13.2. The van der Waals surface area contributed by atoms with Gasteiger partial charge in [-0.1, -0.05) is 44.0 Å². The molecule has 1 heterocycles. The van der Waals surface area contributed by atoms with Gasteiger partial charge >= 0.3 is 0 Å². The van der Waals surface area contributed by atoms with Crippen LogP contribution in [0.2, 0.25) is 0 Å². The molecule has 3 rings (SSSR count). The smallest absolute Gasteiger partial charge is 0.227 e. The first-order valence-electron chi connectivity index (χ1n) is 8.73. The zero-order valence-electron chi connectivity index (χ0n) is 14.9. The largest absolute Gasteiger partial charge is 0.323 e. The molecular weight excluding hydrogens is 515 g/mol.